The van der Waals surface area contributed by atoms with Gasteiger partial charge in [0, 0.05) is 18.7 Å². The first-order valence-corrected chi connectivity index (χ1v) is 8.49. The van der Waals surface area contributed by atoms with Crippen molar-refractivity contribution >= 4 is 23.5 Å². The molecule has 1 aliphatic carbocycles. The Hall–Kier alpha value is -1.76. The zero-order valence-electron chi connectivity index (χ0n) is 12.6. The van der Waals surface area contributed by atoms with Crippen molar-refractivity contribution in [3.05, 3.63) is 29.1 Å². The maximum absolute atomic E-state index is 12.0. The minimum atomic E-state index is -0.395. The highest BCUT2D eigenvalue weighted by molar-refractivity contribution is 7.99. The molecule has 1 fully saturated rings. The fourth-order valence-electron chi connectivity index (χ4n) is 2.57. The lowest BCUT2D eigenvalue weighted by Gasteiger charge is -2.22. The monoisotopic (exact) mass is 322 g/mol. The van der Waals surface area contributed by atoms with E-state index in [2.05, 4.69) is 16.9 Å². The summed E-state index contributed by atoms with van der Waals surface area (Å²) in [6, 6.07) is 1.56. The zero-order valence-corrected chi connectivity index (χ0v) is 13.4. The second-order valence-electron chi connectivity index (χ2n) is 5.39. The molecule has 0 saturated heterocycles. The van der Waals surface area contributed by atoms with Crippen molar-refractivity contribution in [1.82, 2.24) is 14.9 Å². The van der Waals surface area contributed by atoms with E-state index in [1.807, 2.05) is 0 Å². The van der Waals surface area contributed by atoms with Gasteiger partial charge in [0.25, 0.3) is 5.56 Å². The number of carbonyl (C=O) groups is 1. The zero-order chi connectivity index (χ0) is 15.9. The summed E-state index contributed by atoms with van der Waals surface area (Å²) in [5.74, 6) is 0.526. The quantitative estimate of drug-likeness (QED) is 0.471. The summed E-state index contributed by atoms with van der Waals surface area (Å²) in [4.78, 5) is 27.4. The first-order valence-electron chi connectivity index (χ1n) is 7.50. The molecule has 1 amide bonds. The molecule has 0 atom stereocenters. The molecule has 7 heteroatoms. The summed E-state index contributed by atoms with van der Waals surface area (Å²) in [7, 11) is 0. The number of nitrogens with one attached hydrogen (secondary N) is 1. The summed E-state index contributed by atoms with van der Waals surface area (Å²) in [5.41, 5.74) is 5.43. The Morgan fingerprint density at radius 3 is 2.91 bits per heavy atom. The topological polar surface area (TPSA) is 90.0 Å². The van der Waals surface area contributed by atoms with E-state index in [9.17, 15) is 9.59 Å². The van der Waals surface area contributed by atoms with Crippen molar-refractivity contribution in [3.8, 4) is 0 Å². The lowest BCUT2D eigenvalue weighted by atomic mass is 9.95. The van der Waals surface area contributed by atoms with Crippen LogP contribution in [0.3, 0.4) is 0 Å². The third kappa shape index (κ3) is 4.62. The number of hydrogen-bond donors (Lipinski definition) is 2. The van der Waals surface area contributed by atoms with Gasteiger partial charge in [0.15, 0.2) is 5.16 Å². The van der Waals surface area contributed by atoms with Gasteiger partial charge in [0.2, 0.25) is 5.91 Å². The maximum atomic E-state index is 12.0. The molecule has 6 nitrogen and oxygen atoms in total. The van der Waals surface area contributed by atoms with Crippen molar-refractivity contribution in [2.75, 3.05) is 11.5 Å². The molecule has 0 spiro atoms. The minimum absolute atomic E-state index is 0.0290. The molecule has 22 heavy (non-hydrogen) atoms. The highest BCUT2D eigenvalue weighted by atomic mass is 32.2. The summed E-state index contributed by atoms with van der Waals surface area (Å²) in [6.45, 7) is 4.11. The number of anilines is 1. The van der Waals surface area contributed by atoms with Crippen LogP contribution in [-0.2, 0) is 11.3 Å². The van der Waals surface area contributed by atoms with Gasteiger partial charge in [0.05, 0.1) is 5.75 Å². The number of thioether (sulfide) groups is 1. The lowest BCUT2D eigenvalue weighted by molar-refractivity contribution is -0.119. The van der Waals surface area contributed by atoms with E-state index >= 15 is 0 Å². The van der Waals surface area contributed by atoms with Gasteiger partial charge in [-0.05, 0) is 12.8 Å². The molecular weight excluding hydrogens is 300 g/mol. The Bertz CT molecular complexity index is 594. The number of nitrogens with zero attached hydrogens (tertiary/aromatic N) is 2. The van der Waals surface area contributed by atoms with E-state index in [0.29, 0.717) is 17.5 Å². The standard InChI is InChI=1S/C15H22N4O2S/c1-2-8-19-12(16)9-13(20)18-15(19)22-10-14(21)17-11-6-4-3-5-7-11/h2,9,11H,1,3-8,10,16H2,(H,17,21). The summed E-state index contributed by atoms with van der Waals surface area (Å²) < 4.78 is 1.67. The Morgan fingerprint density at radius 2 is 2.23 bits per heavy atom. The smallest absolute Gasteiger partial charge is 0.275 e. The average Bonchev–Trinajstić information content (AvgIpc) is 2.49. The fourth-order valence-corrected chi connectivity index (χ4v) is 3.40. The number of rotatable bonds is 6. The molecule has 0 aromatic carbocycles. The first kappa shape index (κ1) is 16.6. The van der Waals surface area contributed by atoms with Crippen LogP contribution in [0.1, 0.15) is 32.1 Å². The molecule has 1 aromatic rings. The van der Waals surface area contributed by atoms with Crippen molar-refractivity contribution in [2.45, 2.75) is 49.8 Å². The normalized spacial score (nSPS) is 15.5. The number of carbonyl (C=O) groups excluding carboxylic acids is 1. The Kier molecular flexibility index (Phi) is 6.06. The second-order valence-corrected chi connectivity index (χ2v) is 6.33. The van der Waals surface area contributed by atoms with Gasteiger partial charge in [-0.15, -0.1) is 6.58 Å². The molecule has 1 aromatic heterocycles. The SMILES string of the molecule is C=CCn1c(N)cc(=O)nc1SCC(=O)NC1CCCCC1. The summed E-state index contributed by atoms with van der Waals surface area (Å²) >= 11 is 1.22. The Balaban J connectivity index is 1.96. The largest absolute Gasteiger partial charge is 0.385 e. The molecule has 2 rings (SSSR count). The molecule has 0 radical (unpaired) electrons. The van der Waals surface area contributed by atoms with Gasteiger partial charge in [-0.25, -0.2) is 0 Å². The molecular formula is C15H22N4O2S. The van der Waals surface area contributed by atoms with E-state index in [4.69, 9.17) is 5.73 Å². The van der Waals surface area contributed by atoms with E-state index in [-0.39, 0.29) is 17.7 Å². The molecule has 0 aliphatic heterocycles. The predicted octanol–water partition coefficient (Wildman–Crippen LogP) is 1.55. The Morgan fingerprint density at radius 1 is 1.50 bits per heavy atom. The van der Waals surface area contributed by atoms with Crippen LogP contribution in [0, 0.1) is 0 Å². The lowest BCUT2D eigenvalue weighted by Crippen LogP contribution is -2.37. The summed E-state index contributed by atoms with van der Waals surface area (Å²) in [6.07, 6.45) is 7.38. The van der Waals surface area contributed by atoms with E-state index in [1.54, 1.807) is 10.6 Å². The van der Waals surface area contributed by atoms with Gasteiger partial charge in [-0.2, -0.15) is 4.98 Å². The van der Waals surface area contributed by atoms with E-state index in [0.717, 1.165) is 12.8 Å². The van der Waals surface area contributed by atoms with Crippen LogP contribution in [0.5, 0.6) is 0 Å². The Labute approximate surface area is 134 Å². The molecule has 120 valence electrons. The first-order chi connectivity index (χ1) is 10.6. The van der Waals surface area contributed by atoms with Crippen LogP contribution in [0.15, 0.2) is 28.7 Å². The van der Waals surface area contributed by atoms with Crippen LogP contribution >= 0.6 is 11.8 Å². The number of nitrogens with two attached hydrogens (primary N) is 1. The fraction of sp³-hybridized carbons (Fsp3) is 0.533. The van der Waals surface area contributed by atoms with Crippen LogP contribution < -0.4 is 16.6 Å². The van der Waals surface area contributed by atoms with Gasteiger partial charge in [-0.1, -0.05) is 37.1 Å². The van der Waals surface area contributed by atoms with Crippen molar-refractivity contribution in [1.29, 1.82) is 0 Å². The molecule has 1 saturated carbocycles. The highest BCUT2D eigenvalue weighted by Crippen LogP contribution is 2.19. The molecule has 0 bridgehead atoms. The molecule has 1 aliphatic rings. The summed E-state index contributed by atoms with van der Waals surface area (Å²) in [5, 5.41) is 3.49. The van der Waals surface area contributed by atoms with Gasteiger partial charge < -0.3 is 15.6 Å². The number of hydrogen-bond acceptors (Lipinski definition) is 5. The molecule has 3 N–H and O–H groups in total. The highest BCUT2D eigenvalue weighted by Gasteiger charge is 2.16. The predicted molar refractivity (Wildman–Crippen MR) is 88.8 cm³/mol. The third-order valence-electron chi connectivity index (χ3n) is 3.63. The number of nitrogen functional groups attached to an aromatic ring is 1. The van der Waals surface area contributed by atoms with E-state index in [1.165, 1.54) is 37.1 Å². The van der Waals surface area contributed by atoms with Crippen LogP contribution in [-0.4, -0.2) is 27.3 Å². The van der Waals surface area contributed by atoms with Crippen LogP contribution in [0.4, 0.5) is 5.82 Å². The van der Waals surface area contributed by atoms with Gasteiger partial charge in [-0.3, -0.25) is 9.59 Å². The molecule has 0 unspecified atom stereocenters. The second kappa shape index (κ2) is 8.03. The van der Waals surface area contributed by atoms with Crippen molar-refractivity contribution in [2.24, 2.45) is 0 Å². The average molecular weight is 322 g/mol. The number of allylic oxidation sites excluding steroid dienone is 1. The third-order valence-corrected chi connectivity index (χ3v) is 4.61. The van der Waals surface area contributed by atoms with Gasteiger partial charge in [0.1, 0.15) is 5.82 Å². The van der Waals surface area contributed by atoms with Crippen LogP contribution in [0.2, 0.25) is 0 Å². The van der Waals surface area contributed by atoms with Crippen molar-refractivity contribution in [3.63, 3.8) is 0 Å². The van der Waals surface area contributed by atoms with E-state index < -0.39 is 5.56 Å². The van der Waals surface area contributed by atoms with Gasteiger partial charge >= 0.3 is 0 Å². The van der Waals surface area contributed by atoms with Crippen molar-refractivity contribution < 1.29 is 4.79 Å². The maximum Gasteiger partial charge on any atom is 0.275 e. The minimum Gasteiger partial charge on any atom is -0.385 e. The molecule has 1 heterocycles. The van der Waals surface area contributed by atoms with Crippen LogP contribution in [0.25, 0.3) is 0 Å². The number of amides is 1. The number of aromatic nitrogens is 2.